The minimum absolute atomic E-state index is 0.155. The van der Waals surface area contributed by atoms with Crippen LogP contribution in [0.15, 0.2) is 17.5 Å². The van der Waals surface area contributed by atoms with Gasteiger partial charge in [-0.05, 0) is 18.4 Å². The maximum Gasteiger partial charge on any atom is 0.242 e. The van der Waals surface area contributed by atoms with Crippen molar-refractivity contribution < 1.29 is 9.53 Å². The zero-order valence-corrected chi connectivity index (χ0v) is 9.55. The normalized spacial score (nSPS) is 12.4. The highest BCUT2D eigenvalue weighted by molar-refractivity contribution is 7.10. The molecule has 3 N–H and O–H groups in total. The van der Waals surface area contributed by atoms with Crippen LogP contribution in [0.3, 0.4) is 0 Å². The average Bonchev–Trinajstić information content (AvgIpc) is 2.76. The van der Waals surface area contributed by atoms with Crippen molar-refractivity contribution in [1.29, 1.82) is 0 Å². The lowest BCUT2D eigenvalue weighted by Gasteiger charge is -2.10. The minimum atomic E-state index is -0.563. The van der Waals surface area contributed by atoms with Gasteiger partial charge >= 0.3 is 0 Å². The molecule has 0 saturated carbocycles. The summed E-state index contributed by atoms with van der Waals surface area (Å²) in [7, 11) is 0. The van der Waals surface area contributed by atoms with E-state index in [4.69, 9.17) is 10.5 Å². The van der Waals surface area contributed by atoms with Gasteiger partial charge in [-0.2, -0.15) is 0 Å². The smallest absolute Gasteiger partial charge is 0.242 e. The molecule has 15 heavy (non-hydrogen) atoms. The van der Waals surface area contributed by atoms with E-state index >= 15 is 0 Å². The van der Waals surface area contributed by atoms with E-state index in [1.807, 2.05) is 24.4 Å². The van der Waals surface area contributed by atoms with Gasteiger partial charge in [0.2, 0.25) is 5.91 Å². The minimum Gasteiger partial charge on any atom is -0.380 e. The van der Waals surface area contributed by atoms with Crippen LogP contribution in [0.2, 0.25) is 0 Å². The van der Waals surface area contributed by atoms with Crippen molar-refractivity contribution in [1.82, 2.24) is 5.32 Å². The number of amides is 1. The molecule has 84 valence electrons. The summed E-state index contributed by atoms with van der Waals surface area (Å²) in [5.74, 6) is -0.155. The van der Waals surface area contributed by atoms with Crippen molar-refractivity contribution >= 4 is 17.2 Å². The van der Waals surface area contributed by atoms with Gasteiger partial charge in [-0.25, -0.2) is 0 Å². The predicted octanol–water partition coefficient (Wildman–Crippen LogP) is 0.901. The summed E-state index contributed by atoms with van der Waals surface area (Å²) in [5.41, 5.74) is 5.76. The van der Waals surface area contributed by atoms with Gasteiger partial charge in [0.05, 0.1) is 6.61 Å². The van der Waals surface area contributed by atoms with Gasteiger partial charge in [0, 0.05) is 18.0 Å². The number of thiophene rings is 1. The first-order valence-electron chi connectivity index (χ1n) is 4.90. The van der Waals surface area contributed by atoms with Crippen LogP contribution in [-0.2, 0) is 9.53 Å². The molecule has 1 aromatic rings. The Labute approximate surface area is 93.4 Å². The molecule has 1 atom stereocenters. The zero-order chi connectivity index (χ0) is 11.1. The predicted molar refractivity (Wildman–Crippen MR) is 60.8 cm³/mol. The first-order chi connectivity index (χ1) is 7.25. The first kappa shape index (κ1) is 12.2. The molecular formula is C10H16N2O2S. The Kier molecular flexibility index (Phi) is 5.31. The highest BCUT2D eigenvalue weighted by Crippen LogP contribution is 2.16. The molecule has 5 heteroatoms. The van der Waals surface area contributed by atoms with Gasteiger partial charge in [0.1, 0.15) is 6.04 Å². The highest BCUT2D eigenvalue weighted by atomic mass is 32.1. The Bertz CT molecular complexity index is 288. The van der Waals surface area contributed by atoms with E-state index in [1.54, 1.807) is 0 Å². The fourth-order valence-corrected chi connectivity index (χ4v) is 1.82. The quantitative estimate of drug-likeness (QED) is 0.711. The van der Waals surface area contributed by atoms with Crippen molar-refractivity contribution in [3.8, 4) is 0 Å². The number of hydrogen-bond acceptors (Lipinski definition) is 4. The number of ether oxygens (including phenoxy) is 1. The van der Waals surface area contributed by atoms with Crippen LogP contribution in [0, 0.1) is 0 Å². The summed E-state index contributed by atoms with van der Waals surface area (Å²) in [6.45, 7) is 3.61. The van der Waals surface area contributed by atoms with Crippen molar-refractivity contribution in [2.24, 2.45) is 5.73 Å². The molecule has 0 radical (unpaired) electrons. The Morgan fingerprint density at radius 3 is 3.13 bits per heavy atom. The van der Waals surface area contributed by atoms with Crippen molar-refractivity contribution in [3.05, 3.63) is 22.4 Å². The molecule has 0 aromatic carbocycles. The van der Waals surface area contributed by atoms with Gasteiger partial charge in [0.15, 0.2) is 0 Å². The third kappa shape index (κ3) is 3.99. The molecule has 1 unspecified atom stereocenters. The maximum absolute atomic E-state index is 11.5. The van der Waals surface area contributed by atoms with Crippen molar-refractivity contribution in [3.63, 3.8) is 0 Å². The Balaban J connectivity index is 2.28. The molecule has 0 aliphatic heterocycles. The summed E-state index contributed by atoms with van der Waals surface area (Å²) in [4.78, 5) is 12.4. The number of nitrogens with one attached hydrogen (secondary N) is 1. The summed E-state index contributed by atoms with van der Waals surface area (Å²) in [6.07, 6.45) is 0. The van der Waals surface area contributed by atoms with E-state index in [-0.39, 0.29) is 5.91 Å². The molecule has 0 fully saturated rings. The van der Waals surface area contributed by atoms with E-state index in [1.165, 1.54) is 11.3 Å². The monoisotopic (exact) mass is 228 g/mol. The molecule has 1 amide bonds. The Hall–Kier alpha value is -0.910. The van der Waals surface area contributed by atoms with Crippen LogP contribution < -0.4 is 11.1 Å². The number of carbonyl (C=O) groups is 1. The lowest BCUT2D eigenvalue weighted by Crippen LogP contribution is -2.35. The molecule has 0 aliphatic rings. The van der Waals surface area contributed by atoms with Crippen LogP contribution in [0.25, 0.3) is 0 Å². The summed E-state index contributed by atoms with van der Waals surface area (Å²) in [5, 5.41) is 4.63. The molecular weight excluding hydrogens is 212 g/mol. The second-order valence-corrected chi connectivity index (χ2v) is 3.96. The van der Waals surface area contributed by atoms with E-state index in [9.17, 15) is 4.79 Å². The van der Waals surface area contributed by atoms with E-state index in [0.29, 0.717) is 19.8 Å². The fourth-order valence-electron chi connectivity index (χ4n) is 1.10. The van der Waals surface area contributed by atoms with Crippen LogP contribution in [-0.4, -0.2) is 25.7 Å². The number of rotatable bonds is 6. The van der Waals surface area contributed by atoms with Crippen LogP contribution in [0.4, 0.5) is 0 Å². The number of carbonyl (C=O) groups excluding carboxylic acids is 1. The fraction of sp³-hybridized carbons (Fsp3) is 0.500. The number of hydrogen-bond donors (Lipinski definition) is 2. The molecule has 0 aliphatic carbocycles. The highest BCUT2D eigenvalue weighted by Gasteiger charge is 2.15. The standard InChI is InChI=1S/C10H16N2O2S/c1-2-14-6-5-12-10(13)9(11)8-4-3-7-15-8/h3-4,7,9H,2,5-6,11H2,1H3,(H,12,13). The average molecular weight is 228 g/mol. The SMILES string of the molecule is CCOCCNC(=O)C(N)c1cccs1. The van der Waals surface area contributed by atoms with Crippen molar-refractivity contribution in [2.75, 3.05) is 19.8 Å². The lowest BCUT2D eigenvalue weighted by molar-refractivity contribution is -0.122. The second-order valence-electron chi connectivity index (χ2n) is 2.98. The van der Waals surface area contributed by atoms with E-state index < -0.39 is 6.04 Å². The largest absolute Gasteiger partial charge is 0.380 e. The maximum atomic E-state index is 11.5. The van der Waals surface area contributed by atoms with Crippen molar-refractivity contribution in [2.45, 2.75) is 13.0 Å². The summed E-state index contributed by atoms with van der Waals surface area (Å²) >= 11 is 1.49. The van der Waals surface area contributed by atoms with E-state index in [2.05, 4.69) is 5.32 Å². The zero-order valence-electron chi connectivity index (χ0n) is 8.73. The lowest BCUT2D eigenvalue weighted by atomic mass is 10.2. The van der Waals surface area contributed by atoms with E-state index in [0.717, 1.165) is 4.88 Å². The Morgan fingerprint density at radius 1 is 1.73 bits per heavy atom. The summed E-state index contributed by atoms with van der Waals surface area (Å²) in [6, 6.07) is 3.18. The van der Waals surface area contributed by atoms with Gasteiger partial charge in [0.25, 0.3) is 0 Å². The Morgan fingerprint density at radius 2 is 2.53 bits per heavy atom. The van der Waals surface area contributed by atoms with Crippen LogP contribution >= 0.6 is 11.3 Å². The van der Waals surface area contributed by atoms with Crippen LogP contribution in [0.5, 0.6) is 0 Å². The third-order valence-corrected chi connectivity index (χ3v) is 2.84. The molecule has 1 heterocycles. The van der Waals surface area contributed by atoms with Gasteiger partial charge < -0.3 is 15.8 Å². The third-order valence-electron chi connectivity index (χ3n) is 1.88. The number of nitrogens with two attached hydrogens (primary N) is 1. The molecule has 1 rings (SSSR count). The van der Waals surface area contributed by atoms with Gasteiger partial charge in [-0.1, -0.05) is 6.07 Å². The summed E-state index contributed by atoms with van der Waals surface area (Å²) < 4.78 is 5.10. The molecule has 0 spiro atoms. The van der Waals surface area contributed by atoms with Crippen LogP contribution in [0.1, 0.15) is 17.8 Å². The molecule has 4 nitrogen and oxygen atoms in total. The topological polar surface area (TPSA) is 64.3 Å². The van der Waals surface area contributed by atoms with Gasteiger partial charge in [-0.3, -0.25) is 4.79 Å². The first-order valence-corrected chi connectivity index (χ1v) is 5.78. The molecule has 1 aromatic heterocycles. The molecule has 0 bridgehead atoms. The second kappa shape index (κ2) is 6.55. The molecule has 0 saturated heterocycles. The van der Waals surface area contributed by atoms with Gasteiger partial charge in [-0.15, -0.1) is 11.3 Å².